The van der Waals surface area contributed by atoms with Gasteiger partial charge in [0.15, 0.2) is 5.78 Å². The molecule has 6 nitrogen and oxygen atoms in total. The van der Waals surface area contributed by atoms with Crippen LogP contribution in [-0.2, 0) is 0 Å². The van der Waals surface area contributed by atoms with E-state index in [0.29, 0.717) is 10.4 Å². The molecule has 1 aromatic heterocycles. The van der Waals surface area contributed by atoms with E-state index in [9.17, 15) is 19.7 Å². The largest absolute Gasteiger partial charge is 0.422 e. The predicted octanol–water partition coefficient (Wildman–Crippen LogP) is 3.59. The van der Waals surface area contributed by atoms with Gasteiger partial charge in [-0.15, -0.1) is 0 Å². The molecule has 0 aliphatic carbocycles. The van der Waals surface area contributed by atoms with Crippen LogP contribution in [0.3, 0.4) is 0 Å². The minimum absolute atomic E-state index is 0.156. The molecule has 0 N–H and O–H groups in total. The number of hydrogen-bond acceptors (Lipinski definition) is 5. The monoisotopic (exact) mass is 329 g/mol. The highest BCUT2D eigenvalue weighted by Crippen LogP contribution is 2.21. The molecule has 0 amide bonds. The number of carbonyl (C=O) groups excluding carboxylic acids is 1. The summed E-state index contributed by atoms with van der Waals surface area (Å²) in [4.78, 5) is 34.6. The molecule has 1 heterocycles. The molecule has 2 aromatic carbocycles. The highest BCUT2D eigenvalue weighted by Gasteiger charge is 2.17. The van der Waals surface area contributed by atoms with Crippen molar-refractivity contribution >= 4 is 34.0 Å². The Bertz CT molecular complexity index is 992. The minimum atomic E-state index is -0.800. The number of halogens is 1. The van der Waals surface area contributed by atoms with Gasteiger partial charge in [-0.1, -0.05) is 11.6 Å². The highest BCUT2D eigenvalue weighted by molar-refractivity contribution is 6.30. The topological polar surface area (TPSA) is 90.4 Å². The van der Waals surface area contributed by atoms with E-state index in [1.807, 2.05) is 0 Å². The molecule has 0 aliphatic heterocycles. The minimum Gasteiger partial charge on any atom is -0.422 e. The van der Waals surface area contributed by atoms with Crippen LogP contribution in [0, 0.1) is 10.1 Å². The van der Waals surface area contributed by atoms with Crippen molar-refractivity contribution in [3.63, 3.8) is 0 Å². The molecule has 0 spiro atoms. The molecule has 0 atom stereocenters. The predicted molar refractivity (Wildman–Crippen MR) is 84.0 cm³/mol. The van der Waals surface area contributed by atoms with Gasteiger partial charge in [0.25, 0.3) is 5.69 Å². The fourth-order valence-electron chi connectivity index (χ4n) is 2.14. The van der Waals surface area contributed by atoms with Gasteiger partial charge in [-0.25, -0.2) is 4.79 Å². The van der Waals surface area contributed by atoms with Crippen LogP contribution in [0.15, 0.2) is 57.7 Å². The zero-order chi connectivity index (χ0) is 16.6. The summed E-state index contributed by atoms with van der Waals surface area (Å²) < 4.78 is 5.07. The Morgan fingerprint density at radius 1 is 1.09 bits per heavy atom. The Morgan fingerprint density at radius 3 is 2.43 bits per heavy atom. The Morgan fingerprint density at radius 2 is 1.78 bits per heavy atom. The maximum absolute atomic E-state index is 12.4. The van der Waals surface area contributed by atoms with Gasteiger partial charge in [0, 0.05) is 28.1 Å². The first-order valence-electron chi connectivity index (χ1n) is 6.48. The second-order valence-electron chi connectivity index (χ2n) is 4.76. The van der Waals surface area contributed by atoms with E-state index in [1.165, 1.54) is 48.5 Å². The smallest absolute Gasteiger partial charge is 0.347 e. The van der Waals surface area contributed by atoms with E-state index in [4.69, 9.17) is 16.0 Å². The molecular formula is C16H8ClNO5. The summed E-state index contributed by atoms with van der Waals surface area (Å²) in [7, 11) is 0. The molecule has 0 unspecified atom stereocenters. The maximum atomic E-state index is 12.4. The van der Waals surface area contributed by atoms with Crippen molar-refractivity contribution in [3.05, 3.63) is 85.2 Å². The van der Waals surface area contributed by atoms with Gasteiger partial charge in [-0.2, -0.15) is 0 Å². The number of ketones is 1. The summed E-state index contributed by atoms with van der Waals surface area (Å²) in [6.45, 7) is 0. The quantitative estimate of drug-likeness (QED) is 0.317. The number of non-ortho nitro benzene ring substituents is 1. The SMILES string of the molecule is O=C(c1ccc(Cl)cc1)c1cc2cc([N+](=O)[O-])ccc2oc1=O. The zero-order valence-corrected chi connectivity index (χ0v) is 12.2. The number of benzene rings is 2. The first-order chi connectivity index (χ1) is 11.0. The Labute approximate surface area is 134 Å². The molecule has 0 aliphatic rings. The van der Waals surface area contributed by atoms with E-state index >= 15 is 0 Å². The van der Waals surface area contributed by atoms with Gasteiger partial charge in [0.05, 0.1) is 4.92 Å². The van der Waals surface area contributed by atoms with Gasteiger partial charge in [0.2, 0.25) is 0 Å². The van der Waals surface area contributed by atoms with E-state index in [1.54, 1.807) is 0 Å². The molecule has 7 heteroatoms. The molecule has 3 aromatic rings. The van der Waals surface area contributed by atoms with Crippen LogP contribution in [-0.4, -0.2) is 10.7 Å². The van der Waals surface area contributed by atoms with E-state index in [-0.39, 0.29) is 22.4 Å². The lowest BCUT2D eigenvalue weighted by Gasteiger charge is -2.02. The molecule has 0 bridgehead atoms. The Hall–Kier alpha value is -2.99. The van der Waals surface area contributed by atoms with Crippen molar-refractivity contribution in [2.24, 2.45) is 0 Å². The van der Waals surface area contributed by atoms with Crippen molar-refractivity contribution in [1.82, 2.24) is 0 Å². The van der Waals surface area contributed by atoms with E-state index < -0.39 is 16.3 Å². The molecule has 0 fully saturated rings. The summed E-state index contributed by atoms with van der Waals surface area (Å²) in [5.41, 5.74) is -0.706. The molecule has 3 rings (SSSR count). The lowest BCUT2D eigenvalue weighted by molar-refractivity contribution is -0.384. The molecule has 114 valence electrons. The van der Waals surface area contributed by atoms with Crippen LogP contribution in [0.25, 0.3) is 11.0 Å². The van der Waals surface area contributed by atoms with Crippen LogP contribution in [0.5, 0.6) is 0 Å². The number of hydrogen-bond donors (Lipinski definition) is 0. The van der Waals surface area contributed by atoms with Crippen molar-refractivity contribution in [2.45, 2.75) is 0 Å². The third-order valence-corrected chi connectivity index (χ3v) is 3.53. The van der Waals surface area contributed by atoms with Crippen molar-refractivity contribution in [3.8, 4) is 0 Å². The molecule has 0 radical (unpaired) electrons. The van der Waals surface area contributed by atoms with E-state index in [2.05, 4.69) is 0 Å². The summed E-state index contributed by atoms with van der Waals surface area (Å²) in [6, 6.07) is 11.1. The number of carbonyl (C=O) groups is 1. The van der Waals surface area contributed by atoms with Crippen molar-refractivity contribution in [2.75, 3.05) is 0 Å². The van der Waals surface area contributed by atoms with Crippen LogP contribution < -0.4 is 5.63 Å². The lowest BCUT2D eigenvalue weighted by Crippen LogP contribution is -2.14. The maximum Gasteiger partial charge on any atom is 0.347 e. The fourth-order valence-corrected chi connectivity index (χ4v) is 2.27. The Kier molecular flexibility index (Phi) is 3.67. The first kappa shape index (κ1) is 14.9. The van der Waals surface area contributed by atoms with Crippen LogP contribution in [0.4, 0.5) is 5.69 Å². The molecular weight excluding hydrogens is 322 g/mol. The fraction of sp³-hybridized carbons (Fsp3) is 0. The second kappa shape index (κ2) is 5.66. The summed E-state index contributed by atoms with van der Waals surface area (Å²) >= 11 is 5.76. The number of nitro benzene ring substituents is 1. The number of rotatable bonds is 3. The third-order valence-electron chi connectivity index (χ3n) is 3.28. The summed E-state index contributed by atoms with van der Waals surface area (Å²) in [5, 5.41) is 11.6. The average molecular weight is 330 g/mol. The Balaban J connectivity index is 2.14. The standard InChI is InChI=1S/C16H8ClNO5/c17-11-3-1-9(2-4-11)15(19)13-8-10-7-12(18(21)22)5-6-14(10)23-16(13)20/h1-8H. The normalized spacial score (nSPS) is 10.7. The van der Waals surface area contributed by atoms with Crippen LogP contribution in [0.2, 0.25) is 5.02 Å². The first-order valence-corrected chi connectivity index (χ1v) is 6.86. The number of fused-ring (bicyclic) bond motifs is 1. The highest BCUT2D eigenvalue weighted by atomic mass is 35.5. The third kappa shape index (κ3) is 2.84. The van der Waals surface area contributed by atoms with Gasteiger partial charge >= 0.3 is 5.63 Å². The number of nitro groups is 1. The molecule has 0 saturated carbocycles. The van der Waals surface area contributed by atoms with Crippen molar-refractivity contribution in [1.29, 1.82) is 0 Å². The average Bonchev–Trinajstić information content (AvgIpc) is 2.53. The number of nitrogens with zero attached hydrogens (tertiary/aromatic N) is 1. The molecule has 0 saturated heterocycles. The van der Waals surface area contributed by atoms with E-state index in [0.717, 1.165) is 0 Å². The molecule has 23 heavy (non-hydrogen) atoms. The lowest BCUT2D eigenvalue weighted by atomic mass is 10.0. The summed E-state index contributed by atoms with van der Waals surface area (Å²) in [6.07, 6.45) is 0. The van der Waals surface area contributed by atoms with Crippen LogP contribution in [0.1, 0.15) is 15.9 Å². The van der Waals surface area contributed by atoms with Crippen molar-refractivity contribution < 1.29 is 14.1 Å². The summed E-state index contributed by atoms with van der Waals surface area (Å²) in [5.74, 6) is -0.538. The van der Waals surface area contributed by atoms with Crippen LogP contribution >= 0.6 is 11.6 Å². The van der Waals surface area contributed by atoms with Gasteiger partial charge < -0.3 is 4.42 Å². The zero-order valence-electron chi connectivity index (χ0n) is 11.5. The van der Waals surface area contributed by atoms with Gasteiger partial charge in [-0.3, -0.25) is 14.9 Å². The van der Waals surface area contributed by atoms with Gasteiger partial charge in [-0.05, 0) is 36.4 Å². The van der Waals surface area contributed by atoms with Gasteiger partial charge in [0.1, 0.15) is 11.1 Å². The second-order valence-corrected chi connectivity index (χ2v) is 5.20.